The third-order valence-electron chi connectivity index (χ3n) is 4.07. The van der Waals surface area contributed by atoms with Gasteiger partial charge in [-0.2, -0.15) is 0 Å². The third-order valence-corrected chi connectivity index (χ3v) is 5.76. The Labute approximate surface area is 149 Å². The molecule has 4 rings (SSSR count). The summed E-state index contributed by atoms with van der Waals surface area (Å²) < 4.78 is 37.9. The average molecular weight is 379 g/mol. The van der Waals surface area contributed by atoms with Crippen molar-refractivity contribution in [2.24, 2.45) is 0 Å². The van der Waals surface area contributed by atoms with E-state index < -0.39 is 10.0 Å². The highest BCUT2D eigenvalue weighted by Crippen LogP contribution is 2.33. The molecule has 1 aliphatic heterocycles. The molecule has 8 heteroatoms. The zero-order chi connectivity index (χ0) is 17.4. The molecular weight excluding hydrogens is 364 g/mol. The summed E-state index contributed by atoms with van der Waals surface area (Å²) in [4.78, 5) is 3.30. The van der Waals surface area contributed by atoms with Gasteiger partial charge < -0.3 is 14.5 Å². The van der Waals surface area contributed by atoms with Crippen molar-refractivity contribution in [3.63, 3.8) is 0 Å². The predicted molar refractivity (Wildman–Crippen MR) is 94.8 cm³/mol. The van der Waals surface area contributed by atoms with Gasteiger partial charge in [-0.3, -0.25) is 0 Å². The fraction of sp³-hybridized carbons (Fsp3) is 0.176. The van der Waals surface area contributed by atoms with Gasteiger partial charge in [0.15, 0.2) is 11.5 Å². The third kappa shape index (κ3) is 3.18. The lowest BCUT2D eigenvalue weighted by Gasteiger charge is -2.07. The SMILES string of the molecule is O=S(=O)(NCCc1c[nH]c2cc(Cl)ccc12)c1ccc2c(c1)OCO2. The summed E-state index contributed by atoms with van der Waals surface area (Å²) >= 11 is 5.97. The van der Waals surface area contributed by atoms with Gasteiger partial charge in [0, 0.05) is 34.7 Å². The number of hydrogen-bond acceptors (Lipinski definition) is 4. The molecule has 3 aromatic rings. The summed E-state index contributed by atoms with van der Waals surface area (Å²) in [5.41, 5.74) is 1.96. The van der Waals surface area contributed by atoms with Crippen molar-refractivity contribution in [2.45, 2.75) is 11.3 Å². The molecule has 1 aromatic heterocycles. The van der Waals surface area contributed by atoms with Gasteiger partial charge in [-0.05, 0) is 36.2 Å². The predicted octanol–water partition coefficient (Wildman–Crippen LogP) is 3.07. The molecule has 0 spiro atoms. The molecule has 0 saturated heterocycles. The lowest BCUT2D eigenvalue weighted by atomic mass is 10.1. The largest absolute Gasteiger partial charge is 0.454 e. The minimum atomic E-state index is -3.61. The maximum atomic E-state index is 12.4. The Kier molecular flexibility index (Phi) is 4.07. The molecule has 6 nitrogen and oxygen atoms in total. The smallest absolute Gasteiger partial charge is 0.240 e. The maximum absolute atomic E-state index is 12.4. The van der Waals surface area contributed by atoms with Crippen LogP contribution in [-0.2, 0) is 16.4 Å². The van der Waals surface area contributed by atoms with E-state index in [0.29, 0.717) is 22.9 Å². The monoisotopic (exact) mass is 378 g/mol. The number of nitrogens with one attached hydrogen (secondary N) is 2. The minimum absolute atomic E-state index is 0.108. The Morgan fingerprint density at radius 3 is 2.84 bits per heavy atom. The van der Waals surface area contributed by atoms with Gasteiger partial charge in [0.25, 0.3) is 0 Å². The fourth-order valence-corrected chi connectivity index (χ4v) is 4.03. The minimum Gasteiger partial charge on any atom is -0.454 e. The van der Waals surface area contributed by atoms with Crippen molar-refractivity contribution >= 4 is 32.5 Å². The summed E-state index contributed by atoms with van der Waals surface area (Å²) in [6, 6.07) is 10.2. The summed E-state index contributed by atoms with van der Waals surface area (Å²) in [6.45, 7) is 0.392. The number of H-pyrrole nitrogens is 1. The van der Waals surface area contributed by atoms with Crippen molar-refractivity contribution in [1.82, 2.24) is 9.71 Å². The normalized spacial score (nSPS) is 13.5. The first-order valence-corrected chi connectivity index (χ1v) is 9.54. The number of ether oxygens (including phenoxy) is 2. The molecule has 2 aromatic carbocycles. The Balaban J connectivity index is 1.46. The number of benzene rings is 2. The van der Waals surface area contributed by atoms with Crippen LogP contribution >= 0.6 is 11.6 Å². The highest BCUT2D eigenvalue weighted by atomic mass is 35.5. The first-order chi connectivity index (χ1) is 12.0. The molecule has 0 saturated carbocycles. The molecule has 0 aliphatic carbocycles. The van der Waals surface area contributed by atoms with Crippen LogP contribution in [-0.4, -0.2) is 26.7 Å². The lowest BCUT2D eigenvalue weighted by molar-refractivity contribution is 0.174. The zero-order valence-electron chi connectivity index (χ0n) is 13.1. The van der Waals surface area contributed by atoms with E-state index in [1.165, 1.54) is 12.1 Å². The molecule has 2 heterocycles. The lowest BCUT2D eigenvalue weighted by Crippen LogP contribution is -2.25. The van der Waals surface area contributed by atoms with Gasteiger partial charge in [0.05, 0.1) is 4.90 Å². The first kappa shape index (κ1) is 16.3. The summed E-state index contributed by atoms with van der Waals surface area (Å²) in [6.07, 6.45) is 2.43. The van der Waals surface area contributed by atoms with Crippen LogP contribution in [0.2, 0.25) is 5.02 Å². The molecule has 1 aliphatic rings. The Hall–Kier alpha value is -2.22. The quantitative estimate of drug-likeness (QED) is 0.715. The first-order valence-electron chi connectivity index (χ1n) is 7.68. The Morgan fingerprint density at radius 2 is 1.96 bits per heavy atom. The maximum Gasteiger partial charge on any atom is 0.240 e. The van der Waals surface area contributed by atoms with Gasteiger partial charge in [-0.15, -0.1) is 0 Å². The molecule has 25 heavy (non-hydrogen) atoms. The van der Waals surface area contributed by atoms with Gasteiger partial charge in [0.2, 0.25) is 16.8 Å². The van der Waals surface area contributed by atoms with Crippen LogP contribution < -0.4 is 14.2 Å². The van der Waals surface area contributed by atoms with Crippen molar-refractivity contribution < 1.29 is 17.9 Å². The van der Waals surface area contributed by atoms with Crippen LogP contribution in [0, 0.1) is 0 Å². The molecule has 0 unspecified atom stereocenters. The van der Waals surface area contributed by atoms with Crippen LogP contribution in [0.5, 0.6) is 11.5 Å². The Morgan fingerprint density at radius 1 is 1.12 bits per heavy atom. The van der Waals surface area contributed by atoms with Crippen LogP contribution in [0.3, 0.4) is 0 Å². The standard InChI is InChI=1S/C17H15ClN2O4S/c18-12-1-3-14-11(9-19-15(14)7-12)5-6-20-25(21,22)13-2-4-16-17(8-13)24-10-23-16/h1-4,7-9,19-20H,5-6,10H2. The molecule has 2 N–H and O–H groups in total. The number of halogens is 1. The number of fused-ring (bicyclic) bond motifs is 2. The number of rotatable bonds is 5. The van der Waals surface area contributed by atoms with Crippen molar-refractivity contribution in [3.05, 3.63) is 53.2 Å². The Bertz CT molecular complexity index is 1050. The number of hydrogen-bond donors (Lipinski definition) is 2. The second kappa shape index (κ2) is 6.25. The van der Waals surface area contributed by atoms with E-state index in [1.807, 2.05) is 24.4 Å². The van der Waals surface area contributed by atoms with Crippen molar-refractivity contribution in [3.8, 4) is 11.5 Å². The van der Waals surface area contributed by atoms with E-state index >= 15 is 0 Å². The number of sulfonamides is 1. The summed E-state index contributed by atoms with van der Waals surface area (Å²) in [5.74, 6) is 0.993. The molecule has 0 amide bonds. The molecule has 0 bridgehead atoms. The van der Waals surface area contributed by atoms with Crippen LogP contribution in [0.4, 0.5) is 0 Å². The van der Waals surface area contributed by atoms with E-state index in [1.54, 1.807) is 6.07 Å². The van der Waals surface area contributed by atoms with E-state index in [2.05, 4.69) is 9.71 Å². The molecule has 0 fully saturated rings. The topological polar surface area (TPSA) is 80.4 Å². The number of aromatic amines is 1. The van der Waals surface area contributed by atoms with Crippen LogP contribution in [0.25, 0.3) is 10.9 Å². The van der Waals surface area contributed by atoms with Crippen molar-refractivity contribution in [1.29, 1.82) is 0 Å². The fourth-order valence-electron chi connectivity index (χ4n) is 2.81. The summed E-state index contributed by atoms with van der Waals surface area (Å²) in [5, 5.41) is 1.69. The van der Waals surface area contributed by atoms with Crippen LogP contribution in [0.15, 0.2) is 47.5 Å². The molecular formula is C17H15ClN2O4S. The second-order valence-corrected chi connectivity index (χ2v) is 7.87. The van der Waals surface area contributed by atoms with E-state index in [0.717, 1.165) is 16.5 Å². The van der Waals surface area contributed by atoms with Crippen LogP contribution in [0.1, 0.15) is 5.56 Å². The molecule has 0 atom stereocenters. The zero-order valence-corrected chi connectivity index (χ0v) is 14.7. The number of aromatic nitrogens is 1. The van der Waals surface area contributed by atoms with Gasteiger partial charge >= 0.3 is 0 Å². The van der Waals surface area contributed by atoms with Gasteiger partial charge in [-0.1, -0.05) is 17.7 Å². The highest BCUT2D eigenvalue weighted by Gasteiger charge is 2.20. The van der Waals surface area contributed by atoms with E-state index in [9.17, 15) is 8.42 Å². The average Bonchev–Trinajstić information content (AvgIpc) is 3.20. The van der Waals surface area contributed by atoms with Gasteiger partial charge in [-0.25, -0.2) is 13.1 Å². The molecule has 130 valence electrons. The second-order valence-electron chi connectivity index (χ2n) is 5.67. The van der Waals surface area contributed by atoms with Crippen molar-refractivity contribution in [2.75, 3.05) is 13.3 Å². The van der Waals surface area contributed by atoms with Gasteiger partial charge in [0.1, 0.15) is 0 Å². The summed E-state index contributed by atoms with van der Waals surface area (Å²) in [7, 11) is -3.61. The van der Waals surface area contributed by atoms with E-state index in [-0.39, 0.29) is 18.2 Å². The highest BCUT2D eigenvalue weighted by molar-refractivity contribution is 7.89. The van der Waals surface area contributed by atoms with E-state index in [4.69, 9.17) is 21.1 Å². The molecule has 0 radical (unpaired) electrons.